The predicted molar refractivity (Wildman–Crippen MR) is 98.6 cm³/mol. The summed E-state index contributed by atoms with van der Waals surface area (Å²) in [7, 11) is 3.07. The number of hydrogen-bond acceptors (Lipinski definition) is 7. The Morgan fingerprint density at radius 1 is 1.11 bits per heavy atom. The van der Waals surface area contributed by atoms with Gasteiger partial charge >= 0.3 is 6.01 Å². The summed E-state index contributed by atoms with van der Waals surface area (Å²) in [4.78, 5) is 12.8. The average molecular weight is 389 g/mol. The average Bonchev–Trinajstić information content (AvgIpc) is 3.15. The minimum Gasteiger partial charge on any atom is -0.493 e. The Bertz CT molecular complexity index is 931. The van der Waals surface area contributed by atoms with Gasteiger partial charge in [0.15, 0.2) is 11.5 Å². The molecule has 0 aliphatic heterocycles. The molecule has 9 heteroatoms. The van der Waals surface area contributed by atoms with E-state index in [9.17, 15) is 9.18 Å². The summed E-state index contributed by atoms with van der Waals surface area (Å²) in [5.41, 5.74) is 0.626. The van der Waals surface area contributed by atoms with Gasteiger partial charge in [0.2, 0.25) is 11.8 Å². The van der Waals surface area contributed by atoms with Crippen LogP contribution in [0, 0.1) is 5.82 Å². The highest BCUT2D eigenvalue weighted by Crippen LogP contribution is 2.32. The second-order valence-electron chi connectivity index (χ2n) is 5.27. The SMILES string of the molecule is COc1ccc(-c2nnc(NC(=O)CSc3ccc(F)cc3)o2)cc1OC. The fourth-order valence-electron chi connectivity index (χ4n) is 2.19. The molecular weight excluding hydrogens is 373 g/mol. The normalized spacial score (nSPS) is 10.5. The summed E-state index contributed by atoms with van der Waals surface area (Å²) in [6.45, 7) is 0. The topological polar surface area (TPSA) is 86.5 Å². The van der Waals surface area contributed by atoms with Crippen molar-refractivity contribution in [1.82, 2.24) is 10.2 Å². The molecule has 2 aromatic carbocycles. The minimum absolute atomic E-state index is 0.00973. The third-order valence-corrected chi connectivity index (χ3v) is 4.50. The van der Waals surface area contributed by atoms with E-state index in [0.29, 0.717) is 17.1 Å². The zero-order valence-electron chi connectivity index (χ0n) is 14.6. The largest absolute Gasteiger partial charge is 0.493 e. The number of thioether (sulfide) groups is 1. The van der Waals surface area contributed by atoms with Crippen LogP contribution in [0.5, 0.6) is 11.5 Å². The highest BCUT2D eigenvalue weighted by Gasteiger charge is 2.14. The van der Waals surface area contributed by atoms with E-state index in [0.717, 1.165) is 4.90 Å². The molecular formula is C18H16FN3O4S. The molecule has 1 N–H and O–H groups in total. The molecule has 3 aromatic rings. The molecule has 1 aromatic heterocycles. The second kappa shape index (κ2) is 8.54. The van der Waals surface area contributed by atoms with Gasteiger partial charge in [0.25, 0.3) is 0 Å². The molecule has 3 rings (SSSR count). The van der Waals surface area contributed by atoms with Crippen molar-refractivity contribution in [2.45, 2.75) is 4.90 Å². The molecule has 1 amide bonds. The number of carbonyl (C=O) groups is 1. The van der Waals surface area contributed by atoms with Crippen LogP contribution in [-0.4, -0.2) is 36.1 Å². The lowest BCUT2D eigenvalue weighted by Gasteiger charge is -2.07. The van der Waals surface area contributed by atoms with Crippen LogP contribution in [0.15, 0.2) is 51.8 Å². The number of nitrogens with zero attached hydrogens (tertiary/aromatic N) is 2. The molecule has 0 aliphatic carbocycles. The molecule has 0 saturated carbocycles. The van der Waals surface area contributed by atoms with E-state index in [1.54, 1.807) is 37.4 Å². The maximum atomic E-state index is 12.9. The van der Waals surface area contributed by atoms with Gasteiger partial charge in [-0.25, -0.2) is 4.39 Å². The molecule has 0 unspecified atom stereocenters. The summed E-state index contributed by atoms with van der Waals surface area (Å²) in [5, 5.41) is 10.3. The highest BCUT2D eigenvalue weighted by atomic mass is 32.2. The first kappa shape index (κ1) is 18.7. The van der Waals surface area contributed by atoms with Crippen LogP contribution in [0.2, 0.25) is 0 Å². The van der Waals surface area contributed by atoms with Crippen LogP contribution >= 0.6 is 11.8 Å². The van der Waals surface area contributed by atoms with Gasteiger partial charge in [0.1, 0.15) is 5.82 Å². The second-order valence-corrected chi connectivity index (χ2v) is 6.32. The first-order valence-corrected chi connectivity index (χ1v) is 8.81. The highest BCUT2D eigenvalue weighted by molar-refractivity contribution is 8.00. The maximum absolute atomic E-state index is 12.9. The number of rotatable bonds is 7. The van der Waals surface area contributed by atoms with E-state index in [1.165, 1.54) is 31.0 Å². The Balaban J connectivity index is 1.62. The fraction of sp³-hybridized carbons (Fsp3) is 0.167. The monoisotopic (exact) mass is 389 g/mol. The number of anilines is 1. The first-order chi connectivity index (χ1) is 13.1. The number of amides is 1. The van der Waals surface area contributed by atoms with E-state index >= 15 is 0 Å². The fourth-order valence-corrected chi connectivity index (χ4v) is 2.89. The molecule has 0 fully saturated rings. The van der Waals surface area contributed by atoms with Crippen LogP contribution in [0.25, 0.3) is 11.5 Å². The van der Waals surface area contributed by atoms with Crippen LogP contribution in [0.4, 0.5) is 10.4 Å². The van der Waals surface area contributed by atoms with Gasteiger partial charge in [-0.15, -0.1) is 16.9 Å². The van der Waals surface area contributed by atoms with E-state index in [1.807, 2.05) is 0 Å². The zero-order chi connectivity index (χ0) is 19.2. The standard InChI is InChI=1S/C18H16FN3O4S/c1-24-14-8-3-11(9-15(14)25-2)17-21-22-18(26-17)20-16(23)10-27-13-6-4-12(19)5-7-13/h3-9H,10H2,1-2H3,(H,20,22,23). The Kier molecular flexibility index (Phi) is 5.92. The predicted octanol–water partition coefficient (Wildman–Crippen LogP) is 3.62. The molecule has 140 valence electrons. The first-order valence-electron chi connectivity index (χ1n) is 7.83. The Morgan fingerprint density at radius 2 is 1.85 bits per heavy atom. The Morgan fingerprint density at radius 3 is 2.56 bits per heavy atom. The molecule has 1 heterocycles. The van der Waals surface area contributed by atoms with Crippen molar-refractivity contribution in [3.05, 3.63) is 48.3 Å². The van der Waals surface area contributed by atoms with Crippen molar-refractivity contribution in [2.75, 3.05) is 25.3 Å². The summed E-state index contributed by atoms with van der Waals surface area (Å²) in [6.07, 6.45) is 0. The van der Waals surface area contributed by atoms with E-state index in [4.69, 9.17) is 13.9 Å². The van der Waals surface area contributed by atoms with Crippen LogP contribution in [-0.2, 0) is 4.79 Å². The number of nitrogens with one attached hydrogen (secondary N) is 1. The molecule has 0 bridgehead atoms. The third kappa shape index (κ3) is 4.76. The van der Waals surface area contributed by atoms with Crippen LogP contribution in [0.1, 0.15) is 0 Å². The number of halogens is 1. The molecule has 0 aliphatic rings. The quantitative estimate of drug-likeness (QED) is 0.618. The zero-order valence-corrected chi connectivity index (χ0v) is 15.4. The van der Waals surface area contributed by atoms with E-state index in [-0.39, 0.29) is 29.4 Å². The lowest BCUT2D eigenvalue weighted by atomic mass is 10.2. The number of methoxy groups -OCH3 is 2. The summed E-state index contributed by atoms with van der Waals surface area (Å²) in [5.74, 6) is 0.822. The van der Waals surface area contributed by atoms with Crippen molar-refractivity contribution in [3.8, 4) is 23.0 Å². The lowest BCUT2D eigenvalue weighted by Crippen LogP contribution is -2.14. The molecule has 7 nitrogen and oxygen atoms in total. The number of aromatic nitrogens is 2. The number of ether oxygens (including phenoxy) is 2. The number of carbonyl (C=O) groups excluding carboxylic acids is 1. The number of benzene rings is 2. The smallest absolute Gasteiger partial charge is 0.322 e. The van der Waals surface area contributed by atoms with Crippen molar-refractivity contribution in [1.29, 1.82) is 0 Å². The molecule has 0 atom stereocenters. The number of hydrogen-bond donors (Lipinski definition) is 1. The van der Waals surface area contributed by atoms with Crippen LogP contribution in [0.3, 0.4) is 0 Å². The van der Waals surface area contributed by atoms with Gasteiger partial charge in [0.05, 0.1) is 20.0 Å². The molecule has 0 radical (unpaired) electrons. The van der Waals surface area contributed by atoms with Gasteiger partial charge in [-0.05, 0) is 42.5 Å². The van der Waals surface area contributed by atoms with Gasteiger partial charge in [0, 0.05) is 10.5 Å². The Labute approximate surface area is 158 Å². The van der Waals surface area contributed by atoms with Gasteiger partial charge in [-0.2, -0.15) is 0 Å². The van der Waals surface area contributed by atoms with E-state index in [2.05, 4.69) is 15.5 Å². The summed E-state index contributed by atoms with van der Waals surface area (Å²) in [6, 6.07) is 11.0. The minimum atomic E-state index is -0.322. The third-order valence-electron chi connectivity index (χ3n) is 3.49. The van der Waals surface area contributed by atoms with Crippen LogP contribution < -0.4 is 14.8 Å². The van der Waals surface area contributed by atoms with Crippen molar-refractivity contribution < 1.29 is 23.1 Å². The maximum Gasteiger partial charge on any atom is 0.322 e. The molecule has 27 heavy (non-hydrogen) atoms. The van der Waals surface area contributed by atoms with Gasteiger partial charge < -0.3 is 13.9 Å². The van der Waals surface area contributed by atoms with Crippen molar-refractivity contribution in [2.24, 2.45) is 0 Å². The summed E-state index contributed by atoms with van der Waals surface area (Å²) < 4.78 is 28.8. The summed E-state index contributed by atoms with van der Waals surface area (Å²) >= 11 is 1.27. The van der Waals surface area contributed by atoms with Gasteiger partial charge in [-0.3, -0.25) is 10.1 Å². The van der Waals surface area contributed by atoms with Crippen molar-refractivity contribution in [3.63, 3.8) is 0 Å². The van der Waals surface area contributed by atoms with Crippen molar-refractivity contribution >= 4 is 23.7 Å². The van der Waals surface area contributed by atoms with E-state index < -0.39 is 0 Å². The molecule has 0 spiro atoms. The Hall–Kier alpha value is -3.07. The molecule has 0 saturated heterocycles. The van der Waals surface area contributed by atoms with Gasteiger partial charge in [-0.1, -0.05) is 5.10 Å². The lowest BCUT2D eigenvalue weighted by molar-refractivity contribution is -0.113.